The van der Waals surface area contributed by atoms with E-state index in [0.29, 0.717) is 12.1 Å². The third kappa shape index (κ3) is 2.82. The van der Waals surface area contributed by atoms with Crippen molar-refractivity contribution in [3.8, 4) is 6.07 Å². The molecule has 2 saturated heterocycles. The van der Waals surface area contributed by atoms with Crippen LogP contribution in [0.1, 0.15) is 36.8 Å². The van der Waals surface area contributed by atoms with Crippen LogP contribution in [0.25, 0.3) is 16.8 Å². The quantitative estimate of drug-likeness (QED) is 0.609. The highest BCUT2D eigenvalue weighted by molar-refractivity contribution is 5.94. The summed E-state index contributed by atoms with van der Waals surface area (Å²) in [5.41, 5.74) is 11.5. The Kier molecular flexibility index (Phi) is 4.06. The molecule has 5 rings (SSSR count). The molecule has 0 radical (unpaired) electrons. The van der Waals surface area contributed by atoms with Gasteiger partial charge in [-0.3, -0.25) is 0 Å². The largest absolute Gasteiger partial charge is 0.399 e. The van der Waals surface area contributed by atoms with E-state index in [2.05, 4.69) is 47.4 Å². The summed E-state index contributed by atoms with van der Waals surface area (Å²) >= 11 is 0. The molecule has 2 fully saturated rings. The van der Waals surface area contributed by atoms with Gasteiger partial charge in [0.15, 0.2) is 0 Å². The van der Waals surface area contributed by atoms with Gasteiger partial charge in [0.1, 0.15) is 0 Å². The molecular weight excluding hydrogens is 342 g/mol. The Morgan fingerprint density at radius 1 is 0.893 bits per heavy atom. The molecule has 2 bridgehead atoms. The molecule has 28 heavy (non-hydrogen) atoms. The first-order valence-electron chi connectivity index (χ1n) is 9.98. The number of piperidine rings is 1. The maximum atomic E-state index is 9.40. The van der Waals surface area contributed by atoms with Gasteiger partial charge in [0.05, 0.1) is 11.6 Å². The number of benzene rings is 3. The minimum Gasteiger partial charge on any atom is -0.399 e. The van der Waals surface area contributed by atoms with Crippen molar-refractivity contribution in [3.63, 3.8) is 0 Å². The van der Waals surface area contributed by atoms with Crippen LogP contribution in [0.2, 0.25) is 0 Å². The third-order valence-corrected chi connectivity index (χ3v) is 6.24. The van der Waals surface area contributed by atoms with E-state index < -0.39 is 0 Å². The highest BCUT2D eigenvalue weighted by Gasteiger charge is 2.38. The molecule has 138 valence electrons. The second kappa shape index (κ2) is 6.73. The average molecular weight is 365 g/mol. The zero-order valence-corrected chi connectivity index (χ0v) is 15.8. The predicted molar refractivity (Wildman–Crippen MR) is 116 cm³/mol. The molecule has 0 saturated carbocycles. The minimum absolute atomic E-state index is 0.568. The summed E-state index contributed by atoms with van der Waals surface area (Å²) in [4.78, 5) is 2.60. The van der Waals surface area contributed by atoms with E-state index >= 15 is 0 Å². The van der Waals surface area contributed by atoms with Crippen molar-refractivity contribution < 1.29 is 0 Å². The number of rotatable bonds is 2. The number of hydrogen-bond donors (Lipinski definition) is 1. The maximum Gasteiger partial charge on any atom is 0.0998 e. The Balaban J connectivity index is 1.47. The van der Waals surface area contributed by atoms with Crippen molar-refractivity contribution in [1.29, 1.82) is 5.26 Å². The van der Waals surface area contributed by atoms with E-state index in [4.69, 9.17) is 5.73 Å². The zero-order valence-electron chi connectivity index (χ0n) is 15.8. The van der Waals surface area contributed by atoms with Crippen LogP contribution in [0.3, 0.4) is 0 Å². The summed E-state index contributed by atoms with van der Waals surface area (Å²) in [7, 11) is 0. The van der Waals surface area contributed by atoms with Crippen molar-refractivity contribution in [2.75, 3.05) is 10.6 Å². The van der Waals surface area contributed by atoms with E-state index in [1.54, 1.807) is 0 Å². The van der Waals surface area contributed by atoms with Gasteiger partial charge in [-0.25, -0.2) is 0 Å². The molecule has 3 aromatic carbocycles. The number of nitrogens with zero attached hydrogens (tertiary/aromatic N) is 2. The Hall–Kier alpha value is -3.25. The maximum absolute atomic E-state index is 9.40. The number of nitrogens with two attached hydrogens (primary N) is 1. The van der Waals surface area contributed by atoms with Gasteiger partial charge in [-0.1, -0.05) is 42.0 Å². The number of nitriles is 1. The Labute approximate surface area is 165 Å². The highest BCUT2D eigenvalue weighted by Crippen LogP contribution is 2.42. The first-order chi connectivity index (χ1) is 13.7. The van der Waals surface area contributed by atoms with Crippen molar-refractivity contribution >= 4 is 28.2 Å². The molecule has 0 unspecified atom stereocenters. The summed E-state index contributed by atoms with van der Waals surface area (Å²) in [6.45, 7) is 0. The van der Waals surface area contributed by atoms with Crippen LogP contribution in [0.5, 0.6) is 0 Å². The van der Waals surface area contributed by atoms with E-state index in [0.717, 1.165) is 29.5 Å². The number of fused-ring (bicyclic) bond motifs is 3. The fourth-order valence-corrected chi connectivity index (χ4v) is 5.00. The summed E-state index contributed by atoms with van der Waals surface area (Å²) in [6, 6.07) is 24.1. The predicted octanol–water partition coefficient (Wildman–Crippen LogP) is 5.51. The van der Waals surface area contributed by atoms with Crippen LogP contribution in [0, 0.1) is 11.3 Å². The smallest absolute Gasteiger partial charge is 0.0998 e. The molecule has 0 spiro atoms. The lowest BCUT2D eigenvalue weighted by molar-refractivity contribution is 0.553. The summed E-state index contributed by atoms with van der Waals surface area (Å²) in [6.07, 6.45) is 7.08. The van der Waals surface area contributed by atoms with Gasteiger partial charge in [-0.05, 0) is 67.0 Å². The topological polar surface area (TPSA) is 53.0 Å². The Bertz CT molecular complexity index is 1090. The molecule has 3 aromatic rings. The van der Waals surface area contributed by atoms with Crippen LogP contribution in [-0.4, -0.2) is 12.1 Å². The first kappa shape index (κ1) is 16.9. The average Bonchev–Trinajstić information content (AvgIpc) is 2.99. The molecule has 2 aliphatic heterocycles. The molecule has 2 N–H and O–H groups in total. The van der Waals surface area contributed by atoms with Crippen molar-refractivity contribution in [3.05, 3.63) is 77.4 Å². The van der Waals surface area contributed by atoms with Crippen LogP contribution in [0.4, 0.5) is 11.4 Å². The fourth-order valence-electron chi connectivity index (χ4n) is 5.00. The first-order valence-corrected chi connectivity index (χ1v) is 9.98. The SMILES string of the molecule is N#Cc1ccc(C=C2C[C@H]3CC[C@@H](C2)N3c2ccc(N)cc2)c2ccccc12. The molecule has 2 atom stereocenters. The molecule has 3 nitrogen and oxygen atoms in total. The van der Waals surface area contributed by atoms with Gasteiger partial charge in [0.25, 0.3) is 0 Å². The molecule has 0 amide bonds. The molecule has 2 heterocycles. The van der Waals surface area contributed by atoms with Gasteiger partial charge in [-0.15, -0.1) is 0 Å². The zero-order chi connectivity index (χ0) is 19.1. The molecule has 0 aliphatic carbocycles. The summed E-state index contributed by atoms with van der Waals surface area (Å²) in [5, 5.41) is 11.6. The second-order valence-corrected chi connectivity index (χ2v) is 7.95. The van der Waals surface area contributed by atoms with Gasteiger partial charge in [0, 0.05) is 28.8 Å². The van der Waals surface area contributed by atoms with Crippen molar-refractivity contribution in [1.82, 2.24) is 0 Å². The normalized spacial score (nSPS) is 22.5. The standard InChI is InChI=1S/C25H23N3/c26-16-19-6-5-18(24-3-1-2-4-25(19)24)13-17-14-22-11-12-23(15-17)28(22)21-9-7-20(27)8-10-21/h1-10,13,22-23H,11-12,14-15,27H2/t22-,23+. The van der Waals surface area contributed by atoms with Crippen LogP contribution < -0.4 is 10.6 Å². The third-order valence-electron chi connectivity index (χ3n) is 6.24. The lowest BCUT2D eigenvalue weighted by Gasteiger charge is -2.38. The summed E-state index contributed by atoms with van der Waals surface area (Å²) in [5.74, 6) is 0. The van der Waals surface area contributed by atoms with E-state index in [1.807, 2.05) is 30.3 Å². The summed E-state index contributed by atoms with van der Waals surface area (Å²) < 4.78 is 0. The minimum atomic E-state index is 0.568. The van der Waals surface area contributed by atoms with Crippen molar-refractivity contribution in [2.45, 2.75) is 37.8 Å². The van der Waals surface area contributed by atoms with Gasteiger partial charge >= 0.3 is 0 Å². The van der Waals surface area contributed by atoms with E-state index in [1.165, 1.54) is 35.1 Å². The molecule has 2 aliphatic rings. The van der Waals surface area contributed by atoms with Gasteiger partial charge in [-0.2, -0.15) is 5.26 Å². The monoisotopic (exact) mass is 365 g/mol. The van der Waals surface area contributed by atoms with Crippen LogP contribution in [-0.2, 0) is 0 Å². The van der Waals surface area contributed by atoms with Gasteiger partial charge < -0.3 is 10.6 Å². The molecule has 3 heteroatoms. The lowest BCUT2D eigenvalue weighted by atomic mass is 9.92. The molecular formula is C25H23N3. The van der Waals surface area contributed by atoms with Gasteiger partial charge in [0.2, 0.25) is 0 Å². The van der Waals surface area contributed by atoms with Crippen LogP contribution >= 0.6 is 0 Å². The highest BCUT2D eigenvalue weighted by atomic mass is 15.2. The number of hydrogen-bond acceptors (Lipinski definition) is 3. The Morgan fingerprint density at radius 3 is 2.25 bits per heavy atom. The van der Waals surface area contributed by atoms with E-state index in [-0.39, 0.29) is 0 Å². The number of anilines is 2. The van der Waals surface area contributed by atoms with Crippen LogP contribution in [0.15, 0.2) is 66.2 Å². The fraction of sp³-hybridized carbons (Fsp3) is 0.240. The molecule has 0 aromatic heterocycles. The number of nitrogen functional groups attached to an aromatic ring is 1. The second-order valence-electron chi connectivity index (χ2n) is 7.95. The Morgan fingerprint density at radius 2 is 1.57 bits per heavy atom. The van der Waals surface area contributed by atoms with Crippen molar-refractivity contribution in [2.24, 2.45) is 0 Å². The van der Waals surface area contributed by atoms with E-state index in [9.17, 15) is 5.26 Å². The lowest BCUT2D eigenvalue weighted by Crippen LogP contribution is -2.40.